The number of aliphatic carboxylic acids is 1. The van der Waals surface area contributed by atoms with Gasteiger partial charge in [0.15, 0.2) is 0 Å². The zero-order valence-corrected chi connectivity index (χ0v) is 15.8. The van der Waals surface area contributed by atoms with Gasteiger partial charge in [0.05, 0.1) is 6.61 Å². The van der Waals surface area contributed by atoms with Crippen LogP contribution in [0.4, 0.5) is 4.79 Å². The number of benzene rings is 1. The summed E-state index contributed by atoms with van der Waals surface area (Å²) < 4.78 is 10.7. The molecule has 1 aromatic rings. The van der Waals surface area contributed by atoms with Crippen LogP contribution in [0.3, 0.4) is 0 Å². The number of alkyl carbamates (subject to hydrolysis) is 1. The van der Waals surface area contributed by atoms with Crippen molar-refractivity contribution in [2.45, 2.75) is 45.3 Å². The lowest BCUT2D eigenvalue weighted by atomic mass is 10.2. The summed E-state index contributed by atoms with van der Waals surface area (Å²) in [4.78, 5) is 22.9. The highest BCUT2D eigenvalue weighted by molar-refractivity contribution is 7.99. The Labute approximate surface area is 153 Å². The zero-order chi connectivity index (χ0) is 18.7. The van der Waals surface area contributed by atoms with Crippen molar-refractivity contribution in [2.75, 3.05) is 18.1 Å². The van der Waals surface area contributed by atoms with Crippen molar-refractivity contribution < 1.29 is 24.2 Å². The average Bonchev–Trinajstić information content (AvgIpc) is 2.52. The second-order valence-electron chi connectivity index (χ2n) is 6.45. The number of rotatable bonds is 10. The number of carboxylic acids is 1. The number of ether oxygens (including phenoxy) is 2. The Kier molecular flexibility index (Phi) is 9.20. The number of carbonyl (C=O) groups is 2. The number of carbonyl (C=O) groups excluding carboxylic acids is 1. The smallest absolute Gasteiger partial charge is 0.408 e. The van der Waals surface area contributed by atoms with Crippen LogP contribution in [0.25, 0.3) is 0 Å². The molecule has 1 rings (SSSR count). The number of hydrogen-bond donors (Lipinski definition) is 2. The maximum atomic E-state index is 11.7. The monoisotopic (exact) mass is 369 g/mol. The van der Waals surface area contributed by atoms with E-state index >= 15 is 0 Å². The van der Waals surface area contributed by atoms with Crippen LogP contribution >= 0.6 is 11.8 Å². The van der Waals surface area contributed by atoms with Crippen LogP contribution in [-0.2, 0) is 9.53 Å². The fourth-order valence-corrected chi connectivity index (χ4v) is 2.81. The number of nitrogens with one attached hydrogen (secondary N) is 1. The van der Waals surface area contributed by atoms with E-state index in [0.717, 1.165) is 17.9 Å². The molecular weight excluding hydrogens is 342 g/mol. The molecule has 0 saturated heterocycles. The highest BCUT2D eigenvalue weighted by Crippen LogP contribution is 2.12. The van der Waals surface area contributed by atoms with E-state index in [1.165, 1.54) is 0 Å². The third-order valence-electron chi connectivity index (χ3n) is 2.98. The highest BCUT2D eigenvalue weighted by Gasteiger charge is 2.23. The molecule has 0 aromatic heterocycles. The first-order valence-electron chi connectivity index (χ1n) is 8.26. The van der Waals surface area contributed by atoms with Gasteiger partial charge in [0.2, 0.25) is 0 Å². The van der Waals surface area contributed by atoms with Crippen LogP contribution in [0, 0.1) is 0 Å². The lowest BCUT2D eigenvalue weighted by Crippen LogP contribution is -2.43. The minimum absolute atomic E-state index is 0.346. The first-order chi connectivity index (χ1) is 11.8. The summed E-state index contributed by atoms with van der Waals surface area (Å²) in [7, 11) is 0. The summed E-state index contributed by atoms with van der Waals surface area (Å²) >= 11 is 1.64. The minimum atomic E-state index is -1.06. The van der Waals surface area contributed by atoms with Crippen molar-refractivity contribution in [3.05, 3.63) is 30.3 Å². The molecule has 6 nitrogen and oxygen atoms in total. The van der Waals surface area contributed by atoms with Crippen LogP contribution in [0.5, 0.6) is 5.75 Å². The predicted molar refractivity (Wildman–Crippen MR) is 99.3 cm³/mol. The standard InChI is InChI=1S/C18H27NO5S/c1-18(2,3)24-17(22)19-15(16(20)21)10-13-25-12-7-11-23-14-8-5-4-6-9-14/h4-6,8-9,15H,7,10-13H2,1-3H3,(H,19,22)(H,20,21). The van der Waals surface area contributed by atoms with Crippen LogP contribution in [0.1, 0.15) is 33.6 Å². The molecule has 0 saturated carbocycles. The van der Waals surface area contributed by atoms with Gasteiger partial charge in [-0.2, -0.15) is 11.8 Å². The summed E-state index contributed by atoms with van der Waals surface area (Å²) in [5, 5.41) is 11.6. The van der Waals surface area contributed by atoms with Gasteiger partial charge in [0, 0.05) is 0 Å². The molecular formula is C18H27NO5S. The summed E-state index contributed by atoms with van der Waals surface area (Å²) in [5.41, 5.74) is -0.652. The molecule has 140 valence electrons. The number of amides is 1. The molecule has 0 spiro atoms. The molecule has 25 heavy (non-hydrogen) atoms. The second-order valence-corrected chi connectivity index (χ2v) is 7.68. The Balaban J connectivity index is 2.16. The van der Waals surface area contributed by atoms with Crippen molar-refractivity contribution in [3.63, 3.8) is 0 Å². The van der Waals surface area contributed by atoms with E-state index in [9.17, 15) is 14.7 Å². The average molecular weight is 369 g/mol. The maximum absolute atomic E-state index is 11.7. The van der Waals surface area contributed by atoms with Gasteiger partial charge in [-0.15, -0.1) is 0 Å². The molecule has 2 N–H and O–H groups in total. The highest BCUT2D eigenvalue weighted by atomic mass is 32.2. The van der Waals surface area contributed by atoms with Gasteiger partial charge in [0.1, 0.15) is 17.4 Å². The Morgan fingerprint density at radius 3 is 2.48 bits per heavy atom. The van der Waals surface area contributed by atoms with Crippen LogP contribution < -0.4 is 10.1 Å². The van der Waals surface area contributed by atoms with E-state index in [0.29, 0.717) is 18.8 Å². The molecule has 0 aliphatic rings. The maximum Gasteiger partial charge on any atom is 0.408 e. The third kappa shape index (κ3) is 10.6. The topological polar surface area (TPSA) is 84.9 Å². The van der Waals surface area contributed by atoms with Gasteiger partial charge in [-0.3, -0.25) is 0 Å². The van der Waals surface area contributed by atoms with Crippen LogP contribution in [-0.4, -0.2) is 46.9 Å². The Bertz CT molecular complexity index is 530. The fraction of sp³-hybridized carbons (Fsp3) is 0.556. The number of hydrogen-bond acceptors (Lipinski definition) is 5. The lowest BCUT2D eigenvalue weighted by molar-refractivity contribution is -0.139. The Morgan fingerprint density at radius 1 is 1.20 bits per heavy atom. The van der Waals surface area contributed by atoms with Crippen molar-refractivity contribution in [1.82, 2.24) is 5.32 Å². The summed E-state index contributed by atoms with van der Waals surface area (Å²) in [6.45, 7) is 5.82. The molecule has 0 bridgehead atoms. The van der Waals surface area contributed by atoms with E-state index < -0.39 is 23.7 Å². The molecule has 0 radical (unpaired) electrons. The molecule has 0 aliphatic heterocycles. The second kappa shape index (κ2) is 10.9. The Hall–Kier alpha value is -1.89. The lowest BCUT2D eigenvalue weighted by Gasteiger charge is -2.21. The van der Waals surface area contributed by atoms with E-state index in [-0.39, 0.29) is 0 Å². The van der Waals surface area contributed by atoms with E-state index in [1.54, 1.807) is 32.5 Å². The first-order valence-corrected chi connectivity index (χ1v) is 9.41. The largest absolute Gasteiger partial charge is 0.494 e. The van der Waals surface area contributed by atoms with Crippen molar-refractivity contribution in [1.29, 1.82) is 0 Å². The third-order valence-corrected chi connectivity index (χ3v) is 4.09. The summed E-state index contributed by atoms with van der Waals surface area (Å²) in [5.74, 6) is 1.29. The van der Waals surface area contributed by atoms with Gasteiger partial charge < -0.3 is 19.9 Å². The minimum Gasteiger partial charge on any atom is -0.494 e. The van der Waals surface area contributed by atoms with Crippen molar-refractivity contribution >= 4 is 23.8 Å². The van der Waals surface area contributed by atoms with Gasteiger partial charge in [-0.25, -0.2) is 9.59 Å². The van der Waals surface area contributed by atoms with Gasteiger partial charge in [-0.1, -0.05) is 18.2 Å². The SMILES string of the molecule is CC(C)(C)OC(=O)NC(CCSCCCOc1ccccc1)C(=O)O. The first kappa shape index (κ1) is 21.2. The number of para-hydroxylation sites is 1. The van der Waals surface area contributed by atoms with Crippen molar-refractivity contribution in [3.8, 4) is 5.75 Å². The molecule has 1 unspecified atom stereocenters. The summed E-state index contributed by atoms with van der Waals surface area (Å²) in [6, 6.07) is 8.66. The van der Waals surface area contributed by atoms with Gasteiger partial charge >= 0.3 is 12.1 Å². The van der Waals surface area contributed by atoms with E-state index in [1.807, 2.05) is 30.3 Å². The molecule has 0 aliphatic carbocycles. The molecule has 7 heteroatoms. The molecule has 1 amide bonds. The fourth-order valence-electron chi connectivity index (χ4n) is 1.88. The van der Waals surface area contributed by atoms with Crippen molar-refractivity contribution in [2.24, 2.45) is 0 Å². The quantitative estimate of drug-likeness (QED) is 0.614. The number of thioether (sulfide) groups is 1. The summed E-state index contributed by atoms with van der Waals surface area (Å²) in [6.07, 6.45) is 0.511. The zero-order valence-electron chi connectivity index (χ0n) is 15.0. The Morgan fingerprint density at radius 2 is 1.88 bits per heavy atom. The molecule has 0 fully saturated rings. The normalized spacial score (nSPS) is 12.3. The molecule has 0 heterocycles. The van der Waals surface area contributed by atoms with E-state index in [4.69, 9.17) is 9.47 Å². The van der Waals surface area contributed by atoms with E-state index in [2.05, 4.69) is 5.32 Å². The predicted octanol–water partition coefficient (Wildman–Crippen LogP) is 3.56. The number of carboxylic acid groups (broad SMARTS) is 1. The molecule has 1 atom stereocenters. The van der Waals surface area contributed by atoms with Crippen LogP contribution in [0.15, 0.2) is 30.3 Å². The molecule has 1 aromatic carbocycles. The van der Waals surface area contributed by atoms with Gasteiger partial charge in [-0.05, 0) is 57.3 Å². The van der Waals surface area contributed by atoms with Crippen LogP contribution in [0.2, 0.25) is 0 Å². The van der Waals surface area contributed by atoms with Gasteiger partial charge in [0.25, 0.3) is 0 Å².